The Balaban J connectivity index is 2.26. The zero-order valence-corrected chi connectivity index (χ0v) is 11.0. The summed E-state index contributed by atoms with van der Waals surface area (Å²) < 4.78 is 44.2. The number of halogens is 3. The first-order valence-corrected chi connectivity index (χ1v) is 6.13. The van der Waals surface area contributed by atoms with Gasteiger partial charge in [0.15, 0.2) is 5.82 Å². The Bertz CT molecular complexity index is 646. The number of alkyl halides is 3. The molecule has 0 aromatic carbocycles. The fourth-order valence-electron chi connectivity index (χ4n) is 1.83. The smallest absolute Gasteiger partial charge is 0.418 e. The van der Waals surface area contributed by atoms with E-state index in [1.54, 1.807) is 0 Å². The van der Waals surface area contributed by atoms with Gasteiger partial charge < -0.3 is 14.2 Å². The predicted molar refractivity (Wildman–Crippen MR) is 63.8 cm³/mol. The summed E-state index contributed by atoms with van der Waals surface area (Å²) in [7, 11) is 0. The number of carbonyl (C=O) groups is 1. The van der Waals surface area contributed by atoms with Crippen LogP contribution in [0.4, 0.5) is 13.2 Å². The van der Waals surface area contributed by atoms with Crippen molar-refractivity contribution in [3.8, 4) is 0 Å². The van der Waals surface area contributed by atoms with Crippen LogP contribution < -0.4 is 0 Å². The second kappa shape index (κ2) is 5.58. The molecule has 2 rings (SSSR count). The van der Waals surface area contributed by atoms with E-state index in [1.807, 2.05) is 6.92 Å². The molecule has 0 aliphatic heterocycles. The Morgan fingerprint density at radius 1 is 1.43 bits per heavy atom. The SMILES string of the molecule is CCCc1noc(Cn2cc(C(=O)O)c(C(F)(F)F)c2)n1. The zero-order chi connectivity index (χ0) is 15.6. The molecule has 0 spiro atoms. The molecule has 2 aromatic heterocycles. The van der Waals surface area contributed by atoms with Crippen molar-refractivity contribution in [2.45, 2.75) is 32.5 Å². The minimum atomic E-state index is -4.73. The molecule has 9 heteroatoms. The Morgan fingerprint density at radius 3 is 2.67 bits per heavy atom. The number of carboxylic acid groups (broad SMARTS) is 1. The van der Waals surface area contributed by atoms with E-state index in [2.05, 4.69) is 10.1 Å². The van der Waals surface area contributed by atoms with Crippen molar-refractivity contribution >= 4 is 5.97 Å². The first-order chi connectivity index (χ1) is 9.81. The van der Waals surface area contributed by atoms with Crippen molar-refractivity contribution in [1.82, 2.24) is 14.7 Å². The molecule has 0 fully saturated rings. The third kappa shape index (κ3) is 3.41. The number of aryl methyl sites for hydroxylation is 1. The molecule has 0 radical (unpaired) electrons. The van der Waals surface area contributed by atoms with Gasteiger partial charge in [-0.15, -0.1) is 0 Å². The van der Waals surface area contributed by atoms with Crippen LogP contribution in [0.25, 0.3) is 0 Å². The fourth-order valence-corrected chi connectivity index (χ4v) is 1.83. The van der Waals surface area contributed by atoms with Crippen molar-refractivity contribution < 1.29 is 27.6 Å². The summed E-state index contributed by atoms with van der Waals surface area (Å²) in [5.41, 5.74) is -2.01. The van der Waals surface area contributed by atoms with Crippen molar-refractivity contribution in [3.63, 3.8) is 0 Å². The highest BCUT2D eigenvalue weighted by Crippen LogP contribution is 2.32. The van der Waals surface area contributed by atoms with Gasteiger partial charge in [-0.3, -0.25) is 0 Å². The summed E-state index contributed by atoms with van der Waals surface area (Å²) in [6.07, 6.45) is -1.71. The van der Waals surface area contributed by atoms with Crippen LogP contribution in [0.1, 0.15) is 41.0 Å². The number of carboxylic acids is 1. The van der Waals surface area contributed by atoms with E-state index >= 15 is 0 Å². The second-order valence-electron chi connectivity index (χ2n) is 4.42. The minimum absolute atomic E-state index is 0.118. The molecular formula is C12H12F3N3O3. The Labute approximate surface area is 117 Å². The molecule has 2 heterocycles. The van der Waals surface area contributed by atoms with Crippen LogP contribution in [0.15, 0.2) is 16.9 Å². The average molecular weight is 303 g/mol. The molecule has 0 bridgehead atoms. The lowest BCUT2D eigenvalue weighted by molar-refractivity contribution is -0.138. The molecule has 0 amide bonds. The first-order valence-electron chi connectivity index (χ1n) is 6.13. The third-order valence-electron chi connectivity index (χ3n) is 2.72. The minimum Gasteiger partial charge on any atom is -0.478 e. The molecule has 0 saturated carbocycles. The summed E-state index contributed by atoms with van der Waals surface area (Å²) in [6.45, 7) is 1.81. The van der Waals surface area contributed by atoms with Crippen LogP contribution in [0.5, 0.6) is 0 Å². The summed E-state index contributed by atoms with van der Waals surface area (Å²) >= 11 is 0. The van der Waals surface area contributed by atoms with Crippen LogP contribution in [0.2, 0.25) is 0 Å². The normalized spacial score (nSPS) is 11.8. The fraction of sp³-hybridized carbons (Fsp3) is 0.417. The molecule has 0 aliphatic rings. The monoisotopic (exact) mass is 303 g/mol. The van der Waals surface area contributed by atoms with E-state index in [-0.39, 0.29) is 12.4 Å². The summed E-state index contributed by atoms with van der Waals surface area (Å²) in [5.74, 6) is -1.05. The highest BCUT2D eigenvalue weighted by molar-refractivity contribution is 5.89. The molecule has 0 aliphatic carbocycles. The van der Waals surface area contributed by atoms with E-state index < -0.39 is 23.3 Å². The van der Waals surface area contributed by atoms with E-state index in [0.29, 0.717) is 18.4 Å². The van der Waals surface area contributed by atoms with Crippen LogP contribution in [0.3, 0.4) is 0 Å². The third-order valence-corrected chi connectivity index (χ3v) is 2.72. The molecule has 0 unspecified atom stereocenters. The standard InChI is InChI=1S/C12H12F3N3O3/c1-2-3-9-16-10(21-17-9)6-18-4-7(11(19)20)8(5-18)12(13,14)15/h4-5H,2-3,6H2,1H3,(H,19,20). The van der Waals surface area contributed by atoms with Crippen LogP contribution in [0, 0.1) is 0 Å². The van der Waals surface area contributed by atoms with Gasteiger partial charge >= 0.3 is 12.1 Å². The summed E-state index contributed by atoms with van der Waals surface area (Å²) in [5, 5.41) is 12.5. The number of hydrogen-bond donors (Lipinski definition) is 1. The van der Waals surface area contributed by atoms with Gasteiger partial charge in [-0.25, -0.2) is 4.79 Å². The zero-order valence-electron chi connectivity index (χ0n) is 11.0. The van der Waals surface area contributed by atoms with Crippen LogP contribution in [-0.4, -0.2) is 25.8 Å². The van der Waals surface area contributed by atoms with Crippen LogP contribution >= 0.6 is 0 Å². The molecule has 114 valence electrons. The lowest BCUT2D eigenvalue weighted by atomic mass is 10.2. The van der Waals surface area contributed by atoms with E-state index in [1.165, 1.54) is 0 Å². The number of aromatic carboxylic acids is 1. The largest absolute Gasteiger partial charge is 0.478 e. The Morgan fingerprint density at radius 2 is 2.14 bits per heavy atom. The number of nitrogens with zero attached hydrogens (tertiary/aromatic N) is 3. The number of hydrogen-bond acceptors (Lipinski definition) is 4. The molecule has 0 saturated heterocycles. The van der Waals surface area contributed by atoms with E-state index in [9.17, 15) is 18.0 Å². The Kier molecular flexibility index (Phi) is 4.01. The maximum atomic E-state index is 12.7. The van der Waals surface area contributed by atoms with E-state index in [0.717, 1.165) is 17.2 Å². The first kappa shape index (κ1) is 15.1. The van der Waals surface area contributed by atoms with Gasteiger partial charge in [-0.2, -0.15) is 18.2 Å². The molecule has 21 heavy (non-hydrogen) atoms. The highest BCUT2D eigenvalue weighted by Gasteiger charge is 2.37. The molecule has 2 aromatic rings. The number of rotatable bonds is 5. The predicted octanol–water partition coefficient (Wildman–Crippen LogP) is 2.59. The summed E-state index contributed by atoms with van der Waals surface area (Å²) in [4.78, 5) is 14.9. The molecule has 1 N–H and O–H groups in total. The van der Waals surface area contributed by atoms with Gasteiger partial charge in [0.05, 0.1) is 11.1 Å². The lowest BCUT2D eigenvalue weighted by Gasteiger charge is -2.04. The van der Waals surface area contributed by atoms with Gasteiger partial charge in [0.25, 0.3) is 0 Å². The van der Waals surface area contributed by atoms with Gasteiger partial charge in [0, 0.05) is 18.8 Å². The topological polar surface area (TPSA) is 81.2 Å². The molecular weight excluding hydrogens is 291 g/mol. The van der Waals surface area contributed by atoms with Gasteiger partial charge in [0.1, 0.15) is 6.54 Å². The van der Waals surface area contributed by atoms with Crippen molar-refractivity contribution in [3.05, 3.63) is 35.2 Å². The highest BCUT2D eigenvalue weighted by atomic mass is 19.4. The van der Waals surface area contributed by atoms with Gasteiger partial charge in [-0.05, 0) is 6.42 Å². The second-order valence-corrected chi connectivity index (χ2v) is 4.42. The average Bonchev–Trinajstić information content (AvgIpc) is 2.96. The Hall–Kier alpha value is -2.32. The van der Waals surface area contributed by atoms with Crippen LogP contribution in [-0.2, 0) is 19.1 Å². The lowest BCUT2D eigenvalue weighted by Crippen LogP contribution is -2.09. The summed E-state index contributed by atoms with van der Waals surface area (Å²) in [6, 6.07) is 0. The molecule has 6 nitrogen and oxygen atoms in total. The van der Waals surface area contributed by atoms with Crippen molar-refractivity contribution in [2.75, 3.05) is 0 Å². The molecule has 0 atom stereocenters. The maximum Gasteiger partial charge on any atom is 0.418 e. The van der Waals surface area contributed by atoms with Crippen molar-refractivity contribution in [1.29, 1.82) is 0 Å². The van der Waals surface area contributed by atoms with E-state index in [4.69, 9.17) is 9.63 Å². The van der Waals surface area contributed by atoms with Gasteiger partial charge in [-0.1, -0.05) is 12.1 Å². The van der Waals surface area contributed by atoms with Gasteiger partial charge in [0.2, 0.25) is 5.89 Å². The quantitative estimate of drug-likeness (QED) is 0.918. The number of aromatic nitrogens is 3. The maximum absolute atomic E-state index is 12.7. The van der Waals surface area contributed by atoms with Crippen molar-refractivity contribution in [2.24, 2.45) is 0 Å².